The molecule has 0 aromatic rings. The van der Waals surface area contributed by atoms with Gasteiger partial charge in [0.05, 0.1) is 0 Å². The zero-order chi connectivity index (χ0) is 8.81. The predicted octanol–water partition coefficient (Wildman–Crippen LogP) is 0.512. The number of rotatable bonds is 6. The standard InChI is InChI=1S/C9H18N2O/c1-2-10-6-3-7-11-9(12)8-4-5-8/h8,10H,2-7H2,1H3,(H,11,12). The normalized spacial score (nSPS) is 16.1. The number of hydrogen-bond donors (Lipinski definition) is 2. The van der Waals surface area contributed by atoms with Gasteiger partial charge >= 0.3 is 0 Å². The number of amides is 1. The van der Waals surface area contributed by atoms with Crippen molar-refractivity contribution in [2.24, 2.45) is 5.92 Å². The molecule has 0 aromatic heterocycles. The predicted molar refractivity (Wildman–Crippen MR) is 48.9 cm³/mol. The first-order valence-electron chi connectivity index (χ1n) is 4.83. The van der Waals surface area contributed by atoms with Gasteiger partial charge in [-0.1, -0.05) is 6.92 Å². The lowest BCUT2D eigenvalue weighted by atomic mass is 10.3. The molecule has 1 amide bonds. The molecular formula is C9H18N2O. The first-order chi connectivity index (χ1) is 5.84. The van der Waals surface area contributed by atoms with E-state index in [0.29, 0.717) is 5.92 Å². The van der Waals surface area contributed by atoms with Crippen molar-refractivity contribution < 1.29 is 4.79 Å². The first-order valence-corrected chi connectivity index (χ1v) is 4.83. The number of nitrogens with one attached hydrogen (secondary N) is 2. The second kappa shape index (κ2) is 5.14. The maximum absolute atomic E-state index is 11.1. The molecule has 0 bridgehead atoms. The highest BCUT2D eigenvalue weighted by atomic mass is 16.2. The maximum atomic E-state index is 11.1. The van der Waals surface area contributed by atoms with Crippen LogP contribution in [0.4, 0.5) is 0 Å². The molecule has 0 aliphatic heterocycles. The Morgan fingerprint density at radius 1 is 1.42 bits per heavy atom. The van der Waals surface area contributed by atoms with Gasteiger partial charge in [0, 0.05) is 12.5 Å². The Kier molecular flexibility index (Phi) is 4.08. The zero-order valence-electron chi connectivity index (χ0n) is 7.73. The lowest BCUT2D eigenvalue weighted by molar-refractivity contribution is -0.122. The smallest absolute Gasteiger partial charge is 0.223 e. The Hall–Kier alpha value is -0.570. The van der Waals surface area contributed by atoms with Gasteiger partial charge in [0.15, 0.2) is 0 Å². The molecule has 70 valence electrons. The molecule has 0 aromatic carbocycles. The quantitative estimate of drug-likeness (QED) is 0.570. The fourth-order valence-corrected chi connectivity index (χ4v) is 1.09. The van der Waals surface area contributed by atoms with Gasteiger partial charge in [0.25, 0.3) is 0 Å². The molecule has 0 atom stereocenters. The third-order valence-electron chi connectivity index (χ3n) is 2.03. The van der Waals surface area contributed by atoms with Crippen LogP contribution >= 0.6 is 0 Å². The molecule has 0 saturated heterocycles. The van der Waals surface area contributed by atoms with Crippen LogP contribution in [0.15, 0.2) is 0 Å². The van der Waals surface area contributed by atoms with E-state index in [0.717, 1.165) is 38.9 Å². The molecule has 3 heteroatoms. The lowest BCUT2D eigenvalue weighted by Gasteiger charge is -2.03. The second-order valence-electron chi connectivity index (χ2n) is 3.27. The summed E-state index contributed by atoms with van der Waals surface area (Å²) in [6, 6.07) is 0. The Morgan fingerprint density at radius 3 is 2.75 bits per heavy atom. The fraction of sp³-hybridized carbons (Fsp3) is 0.889. The van der Waals surface area contributed by atoms with Gasteiger partial charge in [-0.2, -0.15) is 0 Å². The molecule has 0 heterocycles. The molecule has 2 N–H and O–H groups in total. The summed E-state index contributed by atoms with van der Waals surface area (Å²) < 4.78 is 0. The third-order valence-corrected chi connectivity index (χ3v) is 2.03. The largest absolute Gasteiger partial charge is 0.356 e. The summed E-state index contributed by atoms with van der Waals surface area (Å²) in [7, 11) is 0. The average Bonchev–Trinajstić information content (AvgIpc) is 2.86. The summed E-state index contributed by atoms with van der Waals surface area (Å²) in [6.45, 7) is 4.92. The van der Waals surface area contributed by atoms with Gasteiger partial charge in [-0.15, -0.1) is 0 Å². The Labute approximate surface area is 73.9 Å². The first kappa shape index (κ1) is 9.52. The number of carbonyl (C=O) groups excluding carboxylic acids is 1. The minimum absolute atomic E-state index is 0.256. The van der Waals surface area contributed by atoms with Gasteiger partial charge < -0.3 is 10.6 Å². The van der Waals surface area contributed by atoms with Crippen molar-refractivity contribution in [2.45, 2.75) is 26.2 Å². The molecule has 1 fully saturated rings. The Balaban J connectivity index is 1.84. The van der Waals surface area contributed by atoms with E-state index in [-0.39, 0.29) is 5.91 Å². The molecule has 1 rings (SSSR count). The van der Waals surface area contributed by atoms with Crippen LogP contribution in [0, 0.1) is 5.92 Å². The second-order valence-corrected chi connectivity index (χ2v) is 3.27. The van der Waals surface area contributed by atoms with Crippen molar-refractivity contribution in [1.82, 2.24) is 10.6 Å². The van der Waals surface area contributed by atoms with Crippen LogP contribution in [0.25, 0.3) is 0 Å². The number of hydrogen-bond acceptors (Lipinski definition) is 2. The number of carbonyl (C=O) groups is 1. The van der Waals surface area contributed by atoms with E-state index in [1.54, 1.807) is 0 Å². The highest BCUT2D eigenvalue weighted by Gasteiger charge is 2.28. The van der Waals surface area contributed by atoms with Gasteiger partial charge in [0.2, 0.25) is 5.91 Å². The van der Waals surface area contributed by atoms with E-state index in [9.17, 15) is 4.79 Å². The van der Waals surface area contributed by atoms with Crippen LogP contribution in [-0.4, -0.2) is 25.5 Å². The molecule has 1 aliphatic carbocycles. The van der Waals surface area contributed by atoms with Crippen LogP contribution in [-0.2, 0) is 4.79 Å². The minimum atomic E-state index is 0.256. The SMILES string of the molecule is CCNCCCNC(=O)C1CC1. The molecule has 12 heavy (non-hydrogen) atoms. The molecule has 1 saturated carbocycles. The van der Waals surface area contributed by atoms with Crippen molar-refractivity contribution in [2.75, 3.05) is 19.6 Å². The zero-order valence-corrected chi connectivity index (χ0v) is 7.73. The molecule has 1 aliphatic rings. The van der Waals surface area contributed by atoms with E-state index in [1.165, 1.54) is 0 Å². The highest BCUT2D eigenvalue weighted by Crippen LogP contribution is 2.28. The van der Waals surface area contributed by atoms with E-state index in [1.807, 2.05) is 0 Å². The molecule has 0 unspecified atom stereocenters. The minimum Gasteiger partial charge on any atom is -0.356 e. The monoisotopic (exact) mass is 170 g/mol. The van der Waals surface area contributed by atoms with Crippen molar-refractivity contribution >= 4 is 5.91 Å². The Bertz CT molecular complexity index is 143. The fourth-order valence-electron chi connectivity index (χ4n) is 1.09. The lowest BCUT2D eigenvalue weighted by Crippen LogP contribution is -2.28. The van der Waals surface area contributed by atoms with Crippen LogP contribution in [0.2, 0.25) is 0 Å². The average molecular weight is 170 g/mol. The topological polar surface area (TPSA) is 41.1 Å². The summed E-state index contributed by atoms with van der Waals surface area (Å²) in [5.41, 5.74) is 0. The summed E-state index contributed by atoms with van der Waals surface area (Å²) in [5, 5.41) is 6.14. The summed E-state index contributed by atoms with van der Waals surface area (Å²) in [5.74, 6) is 0.607. The van der Waals surface area contributed by atoms with Crippen LogP contribution < -0.4 is 10.6 Å². The van der Waals surface area contributed by atoms with E-state index in [4.69, 9.17) is 0 Å². The third kappa shape index (κ3) is 3.72. The van der Waals surface area contributed by atoms with Crippen molar-refractivity contribution in [1.29, 1.82) is 0 Å². The van der Waals surface area contributed by atoms with Crippen LogP contribution in [0.3, 0.4) is 0 Å². The van der Waals surface area contributed by atoms with E-state index >= 15 is 0 Å². The summed E-state index contributed by atoms with van der Waals surface area (Å²) in [6.07, 6.45) is 3.23. The van der Waals surface area contributed by atoms with Crippen molar-refractivity contribution in [3.8, 4) is 0 Å². The van der Waals surface area contributed by atoms with Crippen LogP contribution in [0.1, 0.15) is 26.2 Å². The van der Waals surface area contributed by atoms with Gasteiger partial charge in [-0.05, 0) is 32.4 Å². The highest BCUT2D eigenvalue weighted by molar-refractivity contribution is 5.80. The van der Waals surface area contributed by atoms with Crippen molar-refractivity contribution in [3.63, 3.8) is 0 Å². The summed E-state index contributed by atoms with van der Waals surface area (Å²) >= 11 is 0. The molecule has 3 nitrogen and oxygen atoms in total. The molecular weight excluding hydrogens is 152 g/mol. The van der Waals surface area contributed by atoms with Crippen molar-refractivity contribution in [3.05, 3.63) is 0 Å². The maximum Gasteiger partial charge on any atom is 0.223 e. The van der Waals surface area contributed by atoms with E-state index in [2.05, 4.69) is 17.6 Å². The Morgan fingerprint density at radius 2 is 2.17 bits per heavy atom. The van der Waals surface area contributed by atoms with Gasteiger partial charge in [-0.3, -0.25) is 4.79 Å². The van der Waals surface area contributed by atoms with Crippen LogP contribution in [0.5, 0.6) is 0 Å². The van der Waals surface area contributed by atoms with E-state index < -0.39 is 0 Å². The molecule has 0 spiro atoms. The summed E-state index contributed by atoms with van der Waals surface area (Å²) in [4.78, 5) is 11.1. The molecule has 0 radical (unpaired) electrons. The van der Waals surface area contributed by atoms with Gasteiger partial charge in [0.1, 0.15) is 0 Å². The van der Waals surface area contributed by atoms with Gasteiger partial charge in [-0.25, -0.2) is 0 Å².